The van der Waals surface area contributed by atoms with Crippen LogP contribution in [0, 0.1) is 0 Å². The molecule has 0 radical (unpaired) electrons. The number of unbranched alkanes of at least 4 members (excludes halogenated alkanes) is 2. The van der Waals surface area contributed by atoms with Gasteiger partial charge in [-0.25, -0.2) is 8.42 Å². The van der Waals surface area contributed by atoms with Gasteiger partial charge in [0.15, 0.2) is 6.54 Å². The minimum absolute atomic E-state index is 0.0346. The highest BCUT2D eigenvalue weighted by atomic mass is 32.2. The molecule has 0 spiro atoms. The van der Waals surface area contributed by atoms with Gasteiger partial charge >= 0.3 is 0 Å². The lowest BCUT2D eigenvalue weighted by Crippen LogP contribution is -2.35. The molecule has 0 atom stereocenters. The Morgan fingerprint density at radius 2 is 1.64 bits per heavy atom. The standard InChI is InChI=1S/C31H37N3O6S4/c1-2-32-40-44(38,39)25-15-13-23-34-27-17-9-11-19-29(27)42-31(34)21-7-5-3-4-6-20-30-33(22-12-14-24-43(35,36)37)26-16-8-10-18-28(26)41-30/h3-11,16-21,32H,2,12-15,22-25H2,1H3. The summed E-state index contributed by atoms with van der Waals surface area (Å²) in [6.45, 7) is 3.52. The zero-order valence-corrected chi connectivity index (χ0v) is 27.8. The van der Waals surface area contributed by atoms with Crippen molar-refractivity contribution in [3.63, 3.8) is 0 Å². The number of hydroxylamine groups is 1. The second kappa shape index (κ2) is 16.5. The van der Waals surface area contributed by atoms with Gasteiger partial charge in [-0.15, -0.1) is 0 Å². The highest BCUT2D eigenvalue weighted by Crippen LogP contribution is 2.45. The van der Waals surface area contributed by atoms with Crippen molar-refractivity contribution in [2.45, 2.75) is 44.0 Å². The van der Waals surface area contributed by atoms with Gasteiger partial charge in [-0.3, -0.25) is 0 Å². The normalized spacial score (nSPS) is 15.1. The second-order valence-electron chi connectivity index (χ2n) is 9.93. The van der Waals surface area contributed by atoms with Gasteiger partial charge in [0.05, 0.1) is 26.6 Å². The number of allylic oxidation sites excluding steroid dienone is 6. The van der Waals surface area contributed by atoms with E-state index in [1.165, 1.54) is 4.70 Å². The lowest BCUT2D eigenvalue weighted by atomic mass is 10.2. The minimum Gasteiger partial charge on any atom is -0.748 e. The van der Waals surface area contributed by atoms with E-state index in [-0.39, 0.29) is 11.5 Å². The molecule has 2 heterocycles. The third-order valence-corrected chi connectivity index (χ3v) is 10.8. The Morgan fingerprint density at radius 1 is 0.909 bits per heavy atom. The summed E-state index contributed by atoms with van der Waals surface area (Å²) in [6, 6.07) is 16.3. The van der Waals surface area contributed by atoms with Crippen molar-refractivity contribution >= 4 is 65.3 Å². The lowest BCUT2D eigenvalue weighted by Gasteiger charge is -2.20. The summed E-state index contributed by atoms with van der Waals surface area (Å²) >= 11 is 3.35. The number of thiazole rings is 1. The van der Waals surface area contributed by atoms with Crippen LogP contribution in [0.4, 0.5) is 5.69 Å². The van der Waals surface area contributed by atoms with Gasteiger partial charge in [-0.2, -0.15) is 22.7 Å². The van der Waals surface area contributed by atoms with Crippen LogP contribution in [-0.2, 0) is 31.1 Å². The molecule has 0 unspecified atom stereocenters. The van der Waals surface area contributed by atoms with Crippen molar-refractivity contribution in [2.24, 2.45) is 0 Å². The van der Waals surface area contributed by atoms with Crippen molar-refractivity contribution < 1.29 is 30.2 Å². The summed E-state index contributed by atoms with van der Waals surface area (Å²) in [4.78, 5) is 3.30. The Labute approximate surface area is 268 Å². The summed E-state index contributed by atoms with van der Waals surface area (Å²) in [7, 11) is -7.78. The number of anilines is 1. The van der Waals surface area contributed by atoms with Crippen LogP contribution in [0.25, 0.3) is 16.3 Å². The van der Waals surface area contributed by atoms with Crippen molar-refractivity contribution in [3.05, 3.63) is 95.0 Å². The summed E-state index contributed by atoms with van der Waals surface area (Å²) in [6.07, 6.45) is 16.1. The zero-order chi connectivity index (χ0) is 31.4. The van der Waals surface area contributed by atoms with E-state index in [2.05, 4.69) is 39.2 Å². The number of hydrogen-bond acceptors (Lipinski definition) is 10. The number of nitrogens with one attached hydrogen (secondary N) is 1. The number of rotatable bonds is 17. The molecule has 13 heteroatoms. The van der Waals surface area contributed by atoms with Crippen molar-refractivity contribution in [1.29, 1.82) is 0 Å². The molecule has 4 rings (SSSR count). The van der Waals surface area contributed by atoms with E-state index < -0.39 is 20.2 Å². The fourth-order valence-corrected chi connectivity index (χ4v) is 8.27. The minimum atomic E-state index is -4.20. The molecule has 1 aromatic heterocycles. The highest BCUT2D eigenvalue weighted by Gasteiger charge is 2.24. The van der Waals surface area contributed by atoms with Crippen LogP contribution >= 0.6 is 23.1 Å². The van der Waals surface area contributed by atoms with Gasteiger partial charge in [0, 0.05) is 42.3 Å². The van der Waals surface area contributed by atoms with E-state index in [4.69, 9.17) is 4.28 Å². The second-order valence-corrected chi connectivity index (χ2v) is 15.3. The number of hydrogen-bond donors (Lipinski definition) is 1. The molecule has 0 aliphatic carbocycles. The number of aryl methyl sites for hydroxylation is 1. The third-order valence-electron chi connectivity index (χ3n) is 6.58. The summed E-state index contributed by atoms with van der Waals surface area (Å²) in [5.41, 5.74) is 4.61. The molecule has 0 amide bonds. The Kier molecular flexibility index (Phi) is 12.8. The fraction of sp³-hybridized carbons (Fsp3) is 0.323. The fourth-order valence-electron chi connectivity index (χ4n) is 4.57. The van der Waals surface area contributed by atoms with E-state index >= 15 is 0 Å². The largest absolute Gasteiger partial charge is 0.748 e. The van der Waals surface area contributed by atoms with Crippen LogP contribution in [-0.4, -0.2) is 46.0 Å². The predicted molar refractivity (Wildman–Crippen MR) is 179 cm³/mol. The maximum atomic E-state index is 12.0. The molecule has 236 valence electrons. The van der Waals surface area contributed by atoms with Gasteiger partial charge in [-0.1, -0.05) is 84.7 Å². The van der Waals surface area contributed by atoms with Crippen LogP contribution in [0.3, 0.4) is 0 Å². The van der Waals surface area contributed by atoms with Crippen molar-refractivity contribution in [2.75, 3.05) is 29.5 Å². The average molecular weight is 676 g/mol. The van der Waals surface area contributed by atoms with Crippen LogP contribution in [0.2, 0.25) is 0 Å². The number of fused-ring (bicyclic) bond motifs is 2. The van der Waals surface area contributed by atoms with Gasteiger partial charge in [0.25, 0.3) is 15.1 Å². The Bertz CT molecular complexity index is 1740. The van der Waals surface area contributed by atoms with Crippen LogP contribution in [0.5, 0.6) is 0 Å². The number of thioether (sulfide) groups is 1. The Hall–Kier alpha value is -2.78. The molecule has 2 aromatic carbocycles. The monoisotopic (exact) mass is 675 g/mol. The molecule has 1 aliphatic heterocycles. The first-order chi connectivity index (χ1) is 21.2. The molecule has 9 nitrogen and oxygen atoms in total. The maximum absolute atomic E-state index is 12.0. The first-order valence-corrected chi connectivity index (χ1v) is 19.2. The number of benzene rings is 2. The smallest absolute Gasteiger partial charge is 0.283 e. The first-order valence-electron chi connectivity index (χ1n) is 14.4. The Balaban J connectivity index is 1.36. The van der Waals surface area contributed by atoms with E-state index in [1.54, 1.807) is 30.0 Å². The summed E-state index contributed by atoms with van der Waals surface area (Å²) in [5, 5.41) is 2.12. The number of para-hydroxylation sites is 2. The number of aromatic nitrogens is 1. The molecule has 0 saturated carbocycles. The third kappa shape index (κ3) is 10.4. The summed E-state index contributed by atoms with van der Waals surface area (Å²) < 4.78 is 64.9. The van der Waals surface area contributed by atoms with Crippen LogP contribution in [0.15, 0.2) is 94.9 Å². The molecule has 3 aromatic rings. The van der Waals surface area contributed by atoms with Crippen molar-refractivity contribution in [1.82, 2.24) is 5.48 Å². The van der Waals surface area contributed by atoms with E-state index in [1.807, 2.05) is 66.8 Å². The molecule has 44 heavy (non-hydrogen) atoms. The van der Waals surface area contributed by atoms with Gasteiger partial charge < -0.3 is 9.45 Å². The quantitative estimate of drug-likeness (QED) is 0.0628. The SMILES string of the molecule is CCNOS(=O)(=O)CCCC[n+]1c(/C=C/C=C/C=C/C=C2\Sc3ccccc3N2CCCCS(=O)(=O)[O-])sc2ccccc21. The molecule has 1 N–H and O–H groups in total. The van der Waals surface area contributed by atoms with E-state index in [0.717, 1.165) is 26.1 Å². The van der Waals surface area contributed by atoms with Crippen LogP contribution in [0.1, 0.15) is 37.6 Å². The maximum Gasteiger partial charge on any atom is 0.283 e. The topological polar surface area (TPSA) is 120 Å². The van der Waals surface area contributed by atoms with Gasteiger partial charge in [-0.05, 0) is 43.5 Å². The zero-order valence-electron chi connectivity index (χ0n) is 24.5. The van der Waals surface area contributed by atoms with E-state index in [9.17, 15) is 21.4 Å². The highest BCUT2D eigenvalue weighted by molar-refractivity contribution is 8.03. The molecule has 1 aliphatic rings. The van der Waals surface area contributed by atoms with Gasteiger partial charge in [0.2, 0.25) is 5.52 Å². The predicted octanol–water partition coefficient (Wildman–Crippen LogP) is 5.74. The molecular formula is C31H37N3O6S4. The molecule has 0 saturated heterocycles. The Morgan fingerprint density at radius 3 is 2.45 bits per heavy atom. The average Bonchev–Trinajstić information content (AvgIpc) is 3.52. The summed E-state index contributed by atoms with van der Waals surface area (Å²) in [5.74, 6) is -0.377. The van der Waals surface area contributed by atoms with Gasteiger partial charge in [0.1, 0.15) is 4.70 Å². The molecular weight excluding hydrogens is 639 g/mol. The lowest BCUT2D eigenvalue weighted by molar-refractivity contribution is -0.669. The molecule has 0 bridgehead atoms. The molecule has 0 fully saturated rings. The first kappa shape index (κ1) is 34.1. The number of nitrogens with zero attached hydrogens (tertiary/aromatic N) is 2. The van der Waals surface area contributed by atoms with E-state index in [0.29, 0.717) is 45.3 Å². The van der Waals surface area contributed by atoms with Crippen LogP contribution < -0.4 is 14.9 Å². The van der Waals surface area contributed by atoms with Crippen molar-refractivity contribution in [3.8, 4) is 0 Å².